The van der Waals surface area contributed by atoms with Crippen LogP contribution in [0.5, 0.6) is 0 Å². The minimum atomic E-state index is -0.143. The second-order valence-corrected chi connectivity index (χ2v) is 7.73. The lowest BCUT2D eigenvalue weighted by molar-refractivity contribution is 0.102. The molecule has 1 saturated heterocycles. The minimum Gasteiger partial charge on any atom is -0.378 e. The largest absolute Gasteiger partial charge is 0.378 e. The average Bonchev–Trinajstić information content (AvgIpc) is 3.10. The highest BCUT2D eigenvalue weighted by Gasteiger charge is 2.17. The zero-order valence-corrected chi connectivity index (χ0v) is 16.5. The number of ether oxygens (including phenoxy) is 1. The lowest BCUT2D eigenvalue weighted by Gasteiger charge is -2.27. The Morgan fingerprint density at radius 2 is 1.96 bits per heavy atom. The van der Waals surface area contributed by atoms with E-state index in [0.29, 0.717) is 10.6 Å². The molecule has 1 aliphatic heterocycles. The van der Waals surface area contributed by atoms with Crippen LogP contribution in [0.25, 0.3) is 0 Å². The van der Waals surface area contributed by atoms with E-state index >= 15 is 0 Å². The first-order valence-electron chi connectivity index (χ1n) is 9.29. The number of rotatable bonds is 5. The van der Waals surface area contributed by atoms with Gasteiger partial charge in [0.05, 0.1) is 35.8 Å². The maximum atomic E-state index is 12.7. The van der Waals surface area contributed by atoms with Crippen LogP contribution in [0.1, 0.15) is 25.9 Å². The van der Waals surface area contributed by atoms with E-state index in [1.807, 2.05) is 37.3 Å². The van der Waals surface area contributed by atoms with Crippen molar-refractivity contribution in [2.75, 3.05) is 36.5 Å². The number of aromatic nitrogens is 2. The summed E-state index contributed by atoms with van der Waals surface area (Å²) in [6.07, 6.45) is 2.43. The number of pyridine rings is 1. The molecule has 0 spiro atoms. The summed E-state index contributed by atoms with van der Waals surface area (Å²) in [7, 11) is 0. The Kier molecular flexibility index (Phi) is 5.64. The van der Waals surface area contributed by atoms with Crippen LogP contribution in [0, 0.1) is 6.92 Å². The molecule has 1 aliphatic rings. The summed E-state index contributed by atoms with van der Waals surface area (Å²) in [5.74, 6) is 0.760. The highest BCUT2D eigenvalue weighted by atomic mass is 32.1. The summed E-state index contributed by atoms with van der Waals surface area (Å²) >= 11 is 1.44. The van der Waals surface area contributed by atoms with Crippen LogP contribution in [-0.2, 0) is 11.2 Å². The van der Waals surface area contributed by atoms with Gasteiger partial charge in [0.15, 0.2) is 0 Å². The van der Waals surface area contributed by atoms with Gasteiger partial charge in [-0.15, -0.1) is 11.3 Å². The van der Waals surface area contributed by atoms with Crippen molar-refractivity contribution in [3.63, 3.8) is 0 Å². The molecule has 1 fully saturated rings. The molecule has 1 amide bonds. The van der Waals surface area contributed by atoms with E-state index < -0.39 is 0 Å². The predicted molar refractivity (Wildman–Crippen MR) is 111 cm³/mol. The zero-order valence-electron chi connectivity index (χ0n) is 15.7. The Morgan fingerprint density at radius 1 is 1.18 bits per heavy atom. The number of hydrogen-bond acceptors (Lipinski definition) is 6. The molecule has 0 aliphatic carbocycles. The molecule has 3 heterocycles. The number of hydrogen-bond donors (Lipinski definition) is 1. The first kappa shape index (κ1) is 18.6. The van der Waals surface area contributed by atoms with Crippen LogP contribution in [0.4, 0.5) is 11.5 Å². The fraction of sp³-hybridized carbons (Fsp3) is 0.286. The van der Waals surface area contributed by atoms with Crippen molar-refractivity contribution in [2.24, 2.45) is 0 Å². The molecule has 7 heteroatoms. The first-order chi connectivity index (χ1) is 13.7. The lowest BCUT2D eigenvalue weighted by Crippen LogP contribution is -2.36. The van der Waals surface area contributed by atoms with Crippen molar-refractivity contribution < 1.29 is 9.53 Å². The van der Waals surface area contributed by atoms with Gasteiger partial charge in [0.2, 0.25) is 0 Å². The second-order valence-electron chi connectivity index (χ2n) is 6.64. The van der Waals surface area contributed by atoms with Crippen LogP contribution in [0.15, 0.2) is 48.7 Å². The number of carbonyl (C=O) groups excluding carboxylic acids is 1. The molecule has 0 bridgehead atoms. The van der Waals surface area contributed by atoms with Crippen LogP contribution in [0.3, 0.4) is 0 Å². The van der Waals surface area contributed by atoms with E-state index in [9.17, 15) is 4.79 Å². The molecule has 2 aromatic heterocycles. The monoisotopic (exact) mass is 394 g/mol. The van der Waals surface area contributed by atoms with Crippen LogP contribution in [0.2, 0.25) is 0 Å². The molecule has 3 aromatic rings. The predicted octanol–water partition coefficient (Wildman–Crippen LogP) is 3.53. The number of aryl methyl sites for hydroxylation is 1. The molecule has 1 aromatic carbocycles. The molecule has 28 heavy (non-hydrogen) atoms. The molecular formula is C21H22N4O2S. The molecule has 6 nitrogen and oxygen atoms in total. The standard InChI is InChI=1S/C21H22N4O2S/c1-15-20(28-19(23-15)13-16-5-3-2-4-6-16)21(26)24-17-7-8-18(22-14-17)25-9-11-27-12-10-25/h2-8,14H,9-13H2,1H3,(H,24,26). The number of benzene rings is 1. The Hall–Kier alpha value is -2.77. The van der Waals surface area contributed by atoms with Crippen molar-refractivity contribution in [2.45, 2.75) is 13.3 Å². The Balaban J connectivity index is 1.42. The van der Waals surface area contributed by atoms with Crippen LogP contribution >= 0.6 is 11.3 Å². The van der Waals surface area contributed by atoms with Gasteiger partial charge in [0.25, 0.3) is 5.91 Å². The molecule has 4 rings (SSSR count). The maximum absolute atomic E-state index is 12.7. The van der Waals surface area contributed by atoms with Crippen molar-refractivity contribution in [3.8, 4) is 0 Å². The molecule has 0 saturated carbocycles. The summed E-state index contributed by atoms with van der Waals surface area (Å²) in [6.45, 7) is 4.98. The van der Waals surface area contributed by atoms with E-state index in [-0.39, 0.29) is 5.91 Å². The van der Waals surface area contributed by atoms with E-state index in [4.69, 9.17) is 4.74 Å². The minimum absolute atomic E-state index is 0.143. The third kappa shape index (κ3) is 4.37. The summed E-state index contributed by atoms with van der Waals surface area (Å²) in [5.41, 5.74) is 2.62. The SMILES string of the molecule is Cc1nc(Cc2ccccc2)sc1C(=O)Nc1ccc(N2CCOCC2)nc1. The van der Waals surface area contributed by atoms with Gasteiger partial charge < -0.3 is 15.0 Å². The van der Waals surface area contributed by atoms with Crippen LogP contribution < -0.4 is 10.2 Å². The Morgan fingerprint density at radius 3 is 2.68 bits per heavy atom. The zero-order chi connectivity index (χ0) is 19.3. The molecule has 144 valence electrons. The highest BCUT2D eigenvalue weighted by molar-refractivity contribution is 7.14. The molecule has 0 unspecified atom stereocenters. The van der Waals surface area contributed by atoms with E-state index in [1.165, 1.54) is 16.9 Å². The third-order valence-corrected chi connectivity index (χ3v) is 5.74. The van der Waals surface area contributed by atoms with Crippen molar-refractivity contribution >= 4 is 28.7 Å². The fourth-order valence-electron chi connectivity index (χ4n) is 3.14. The van der Waals surface area contributed by atoms with Gasteiger partial charge in [0.1, 0.15) is 10.7 Å². The lowest BCUT2D eigenvalue weighted by atomic mass is 10.2. The van der Waals surface area contributed by atoms with Crippen molar-refractivity contribution in [3.05, 3.63) is 69.8 Å². The maximum Gasteiger partial charge on any atom is 0.267 e. The van der Waals surface area contributed by atoms with Gasteiger partial charge in [-0.2, -0.15) is 0 Å². The quantitative estimate of drug-likeness (QED) is 0.717. The van der Waals surface area contributed by atoms with E-state index in [2.05, 4.69) is 32.3 Å². The van der Waals surface area contributed by atoms with E-state index in [0.717, 1.165) is 49.2 Å². The number of nitrogens with zero attached hydrogens (tertiary/aromatic N) is 3. The van der Waals surface area contributed by atoms with Crippen LogP contribution in [-0.4, -0.2) is 42.2 Å². The summed E-state index contributed by atoms with van der Waals surface area (Å²) < 4.78 is 5.37. The number of nitrogens with one attached hydrogen (secondary N) is 1. The average molecular weight is 395 g/mol. The summed E-state index contributed by atoms with van der Waals surface area (Å²) in [5, 5.41) is 3.87. The second kappa shape index (κ2) is 8.50. The third-order valence-electron chi connectivity index (χ3n) is 4.59. The van der Waals surface area contributed by atoms with Gasteiger partial charge in [-0.3, -0.25) is 4.79 Å². The van der Waals surface area contributed by atoms with Gasteiger partial charge in [-0.05, 0) is 24.6 Å². The summed E-state index contributed by atoms with van der Waals surface area (Å²) in [6, 6.07) is 14.0. The number of thiazole rings is 1. The topological polar surface area (TPSA) is 67.4 Å². The Bertz CT molecular complexity index is 935. The first-order valence-corrected chi connectivity index (χ1v) is 10.1. The van der Waals surface area contributed by atoms with Gasteiger partial charge >= 0.3 is 0 Å². The fourth-order valence-corrected chi connectivity index (χ4v) is 4.13. The smallest absolute Gasteiger partial charge is 0.267 e. The summed E-state index contributed by atoms with van der Waals surface area (Å²) in [4.78, 5) is 24.6. The van der Waals surface area contributed by atoms with Gasteiger partial charge in [0, 0.05) is 19.5 Å². The number of morpholine rings is 1. The molecule has 0 radical (unpaired) electrons. The number of carbonyl (C=O) groups is 1. The highest BCUT2D eigenvalue weighted by Crippen LogP contribution is 2.23. The van der Waals surface area contributed by atoms with E-state index in [1.54, 1.807) is 6.20 Å². The number of anilines is 2. The Labute approximate surface area is 168 Å². The molecule has 1 N–H and O–H groups in total. The van der Waals surface area contributed by atoms with Crippen molar-refractivity contribution in [1.82, 2.24) is 9.97 Å². The normalized spacial score (nSPS) is 14.1. The molecule has 0 atom stereocenters. The van der Waals surface area contributed by atoms with Gasteiger partial charge in [-0.25, -0.2) is 9.97 Å². The number of amides is 1. The van der Waals surface area contributed by atoms with Crippen molar-refractivity contribution in [1.29, 1.82) is 0 Å². The molecular weight excluding hydrogens is 372 g/mol. The van der Waals surface area contributed by atoms with Gasteiger partial charge in [-0.1, -0.05) is 30.3 Å².